The van der Waals surface area contributed by atoms with Crippen LogP contribution in [0.3, 0.4) is 0 Å². The Morgan fingerprint density at radius 2 is 1.41 bits per heavy atom. The van der Waals surface area contributed by atoms with E-state index in [1.807, 2.05) is 12.1 Å². The van der Waals surface area contributed by atoms with Crippen molar-refractivity contribution in [1.29, 1.82) is 0 Å². The zero-order valence-corrected chi connectivity index (χ0v) is 27.9. The van der Waals surface area contributed by atoms with Crippen LogP contribution >= 0.6 is 0 Å². The molecule has 0 fully saturated rings. The first-order valence-corrected chi connectivity index (χ1v) is 16.3. The van der Waals surface area contributed by atoms with E-state index >= 15 is 0 Å². The number of amides is 2. The van der Waals surface area contributed by atoms with E-state index in [0.717, 1.165) is 18.4 Å². The lowest BCUT2D eigenvalue weighted by Gasteiger charge is -2.21. The molecule has 49 heavy (non-hydrogen) atoms. The number of nitrogens with zero attached hydrogens (tertiary/aromatic N) is 1. The molecule has 0 radical (unpaired) electrons. The maximum atomic E-state index is 13.3. The highest BCUT2D eigenvalue weighted by Gasteiger charge is 2.20. The normalized spacial score (nSPS) is 10.6. The van der Waals surface area contributed by atoms with Crippen LogP contribution in [0.15, 0.2) is 97.1 Å². The van der Waals surface area contributed by atoms with Crippen molar-refractivity contribution in [2.45, 2.75) is 52.0 Å². The number of aliphatic carboxylic acids is 1. The number of carboxylic acids is 1. The maximum absolute atomic E-state index is 13.3. The predicted octanol–water partition coefficient (Wildman–Crippen LogP) is 7.17. The molecule has 0 aliphatic heterocycles. The molecule has 0 aliphatic carbocycles. The first-order chi connectivity index (χ1) is 23.7. The molecule has 2 amide bonds. The third kappa shape index (κ3) is 11.8. The van der Waals surface area contributed by atoms with Gasteiger partial charge in [-0.2, -0.15) is 0 Å². The molecule has 4 aromatic carbocycles. The highest BCUT2D eigenvalue weighted by Crippen LogP contribution is 2.20. The van der Waals surface area contributed by atoms with Crippen molar-refractivity contribution >= 4 is 29.4 Å². The molecule has 0 atom stereocenters. The van der Waals surface area contributed by atoms with Gasteiger partial charge in [0, 0.05) is 17.8 Å². The zero-order chi connectivity index (χ0) is 35.0. The van der Waals surface area contributed by atoms with Gasteiger partial charge in [-0.1, -0.05) is 62.9 Å². The van der Waals surface area contributed by atoms with Gasteiger partial charge < -0.3 is 29.5 Å². The molecule has 0 aliphatic rings. The molecule has 256 valence electrons. The summed E-state index contributed by atoms with van der Waals surface area (Å²) in [4.78, 5) is 51.5. The summed E-state index contributed by atoms with van der Waals surface area (Å²) >= 11 is 0. The number of carbonyl (C=O) groups is 4. The van der Waals surface area contributed by atoms with Crippen LogP contribution in [0, 0.1) is 0 Å². The quantitative estimate of drug-likeness (QED) is 0.0649. The van der Waals surface area contributed by atoms with Crippen molar-refractivity contribution < 1.29 is 38.5 Å². The summed E-state index contributed by atoms with van der Waals surface area (Å²) in [6.45, 7) is 2.25. The summed E-state index contributed by atoms with van der Waals surface area (Å²) in [7, 11) is 1.57. The van der Waals surface area contributed by atoms with Gasteiger partial charge in [-0.15, -0.1) is 0 Å². The SMILES string of the molecule is CCCCCCCOc1cccc(C(=O)Oc2ccc(CN(CC(=O)O)C(=O)c3ccc(NC(=O)Cc4ccc(OC)cc4)cc3)cc2)c1. The molecular weight excluding hydrogens is 624 g/mol. The van der Waals surface area contributed by atoms with Crippen LogP contribution in [0.25, 0.3) is 0 Å². The predicted molar refractivity (Wildman–Crippen MR) is 186 cm³/mol. The molecule has 0 aromatic heterocycles. The minimum Gasteiger partial charge on any atom is -0.497 e. The number of rotatable bonds is 18. The van der Waals surface area contributed by atoms with Crippen LogP contribution in [0.4, 0.5) is 5.69 Å². The topological polar surface area (TPSA) is 131 Å². The summed E-state index contributed by atoms with van der Waals surface area (Å²) in [5.74, 6) is -0.808. The third-order valence-corrected chi connectivity index (χ3v) is 7.65. The number of ether oxygens (including phenoxy) is 3. The number of unbranched alkanes of at least 4 members (excludes halogenated alkanes) is 4. The summed E-state index contributed by atoms with van der Waals surface area (Å²) < 4.78 is 16.5. The fraction of sp³-hybridized carbons (Fsp3) is 0.282. The van der Waals surface area contributed by atoms with E-state index in [-0.39, 0.29) is 24.4 Å². The first-order valence-electron chi connectivity index (χ1n) is 16.3. The number of benzene rings is 4. The molecule has 0 saturated heterocycles. The molecule has 4 rings (SSSR count). The number of carbonyl (C=O) groups excluding carboxylic acids is 3. The second-order valence-electron chi connectivity index (χ2n) is 11.5. The lowest BCUT2D eigenvalue weighted by Crippen LogP contribution is -2.35. The Balaban J connectivity index is 1.31. The molecule has 0 unspecified atom stereocenters. The molecule has 10 nitrogen and oxygen atoms in total. The van der Waals surface area contributed by atoms with Gasteiger partial charge in [-0.05, 0) is 84.3 Å². The first kappa shape index (κ1) is 36.2. The van der Waals surface area contributed by atoms with Gasteiger partial charge in [-0.25, -0.2) is 4.79 Å². The van der Waals surface area contributed by atoms with Crippen molar-refractivity contribution in [1.82, 2.24) is 4.90 Å². The molecule has 0 saturated carbocycles. The summed E-state index contributed by atoms with van der Waals surface area (Å²) in [5, 5.41) is 12.3. The Hall–Kier alpha value is -5.64. The largest absolute Gasteiger partial charge is 0.497 e. The highest BCUT2D eigenvalue weighted by molar-refractivity contribution is 5.97. The Labute approximate surface area is 286 Å². The number of carboxylic acid groups (broad SMARTS) is 1. The fourth-order valence-electron chi connectivity index (χ4n) is 5.03. The van der Waals surface area contributed by atoms with Gasteiger partial charge in [0.05, 0.1) is 25.7 Å². The maximum Gasteiger partial charge on any atom is 0.343 e. The molecule has 2 N–H and O–H groups in total. The minimum absolute atomic E-state index is 0.0114. The molecular formula is C39H42N2O8. The Bertz CT molecular complexity index is 1690. The second kappa shape index (κ2) is 18.6. The number of hydrogen-bond donors (Lipinski definition) is 2. The summed E-state index contributed by atoms with van der Waals surface area (Å²) in [6, 6.07) is 26.8. The lowest BCUT2D eigenvalue weighted by molar-refractivity contribution is -0.137. The fourth-order valence-corrected chi connectivity index (χ4v) is 5.03. The highest BCUT2D eigenvalue weighted by atomic mass is 16.5. The average Bonchev–Trinajstić information content (AvgIpc) is 3.10. The van der Waals surface area contributed by atoms with E-state index in [1.165, 1.54) is 36.3 Å². The van der Waals surface area contributed by atoms with Gasteiger partial charge in [0.25, 0.3) is 5.91 Å². The van der Waals surface area contributed by atoms with E-state index in [0.29, 0.717) is 40.7 Å². The number of hydrogen-bond acceptors (Lipinski definition) is 7. The Kier molecular flexibility index (Phi) is 13.8. The summed E-state index contributed by atoms with van der Waals surface area (Å²) in [5.41, 5.74) is 2.59. The van der Waals surface area contributed by atoms with Crippen molar-refractivity contribution in [2.75, 3.05) is 25.6 Å². The summed E-state index contributed by atoms with van der Waals surface area (Å²) in [6.07, 6.45) is 5.80. The molecule has 4 aromatic rings. The van der Waals surface area contributed by atoms with Gasteiger partial charge >= 0.3 is 11.9 Å². The van der Waals surface area contributed by atoms with E-state index in [4.69, 9.17) is 14.2 Å². The van der Waals surface area contributed by atoms with Crippen LogP contribution in [-0.4, -0.2) is 54.0 Å². The Morgan fingerprint density at radius 1 is 0.735 bits per heavy atom. The van der Waals surface area contributed by atoms with E-state index in [1.54, 1.807) is 79.9 Å². The lowest BCUT2D eigenvalue weighted by atomic mass is 10.1. The monoisotopic (exact) mass is 666 g/mol. The molecule has 0 spiro atoms. The standard InChI is InChI=1S/C39H42N2O8/c1-3-4-5-6-7-23-48-35-10-8-9-31(25-35)39(46)49-34-21-13-29(14-22-34)26-41(27-37(43)44)38(45)30-15-17-32(18-16-30)40-36(42)24-28-11-19-33(47-2)20-12-28/h8-22,25H,3-7,23-24,26-27H2,1-2H3,(H,40,42)(H,43,44). The zero-order valence-electron chi connectivity index (χ0n) is 27.9. The third-order valence-electron chi connectivity index (χ3n) is 7.65. The van der Waals surface area contributed by atoms with Crippen LogP contribution in [0.5, 0.6) is 17.2 Å². The van der Waals surface area contributed by atoms with Crippen LogP contribution in [0.1, 0.15) is 70.9 Å². The minimum atomic E-state index is -1.16. The van der Waals surface area contributed by atoms with E-state index in [2.05, 4.69) is 12.2 Å². The van der Waals surface area contributed by atoms with Gasteiger partial charge in [0.15, 0.2) is 0 Å². The number of methoxy groups -OCH3 is 1. The van der Waals surface area contributed by atoms with Crippen LogP contribution in [0.2, 0.25) is 0 Å². The smallest absolute Gasteiger partial charge is 0.343 e. The van der Waals surface area contributed by atoms with Crippen molar-refractivity contribution in [2.24, 2.45) is 0 Å². The Morgan fingerprint density at radius 3 is 2.08 bits per heavy atom. The van der Waals surface area contributed by atoms with Gasteiger partial charge in [0.1, 0.15) is 23.8 Å². The van der Waals surface area contributed by atoms with Crippen molar-refractivity contribution in [3.8, 4) is 17.2 Å². The molecule has 0 heterocycles. The average molecular weight is 667 g/mol. The molecule has 0 bridgehead atoms. The van der Waals surface area contributed by atoms with Crippen LogP contribution < -0.4 is 19.5 Å². The van der Waals surface area contributed by atoms with Crippen LogP contribution in [-0.2, 0) is 22.6 Å². The number of esters is 1. The van der Waals surface area contributed by atoms with E-state index in [9.17, 15) is 24.3 Å². The second-order valence-corrected chi connectivity index (χ2v) is 11.5. The van der Waals surface area contributed by atoms with Crippen molar-refractivity contribution in [3.05, 3.63) is 119 Å². The number of nitrogens with one attached hydrogen (secondary N) is 1. The van der Waals surface area contributed by atoms with Crippen molar-refractivity contribution in [3.63, 3.8) is 0 Å². The van der Waals surface area contributed by atoms with Gasteiger partial charge in [0.2, 0.25) is 5.91 Å². The van der Waals surface area contributed by atoms with E-state index < -0.39 is 24.4 Å². The molecule has 10 heteroatoms. The number of anilines is 1. The van der Waals surface area contributed by atoms with Gasteiger partial charge in [-0.3, -0.25) is 14.4 Å².